The minimum Gasteiger partial charge on any atom is -0.366 e. The van der Waals surface area contributed by atoms with Crippen LogP contribution in [-0.2, 0) is 0 Å². The van der Waals surface area contributed by atoms with E-state index >= 15 is 0 Å². The zero-order valence-corrected chi connectivity index (χ0v) is 9.61. The van der Waals surface area contributed by atoms with Crippen molar-refractivity contribution in [3.05, 3.63) is 30.3 Å². The minimum absolute atomic E-state index is 0.482. The first-order chi connectivity index (χ1) is 7.28. The molecule has 3 rings (SSSR count). The molecule has 80 valence electrons. The van der Waals surface area contributed by atoms with Gasteiger partial charge in [0.2, 0.25) is 0 Å². The van der Waals surface area contributed by atoms with Crippen LogP contribution in [0.5, 0.6) is 0 Å². The first-order valence-electron chi connectivity index (χ1n) is 6.11. The largest absolute Gasteiger partial charge is 0.366 e. The summed E-state index contributed by atoms with van der Waals surface area (Å²) in [7, 11) is 0. The van der Waals surface area contributed by atoms with Crippen LogP contribution in [0.15, 0.2) is 30.3 Å². The molecule has 1 aliphatic heterocycles. The molecule has 15 heavy (non-hydrogen) atoms. The summed E-state index contributed by atoms with van der Waals surface area (Å²) in [6.45, 7) is 6.03. The molecule has 0 radical (unpaired) electrons. The third-order valence-corrected chi connectivity index (χ3v) is 4.63. The van der Waals surface area contributed by atoms with E-state index in [1.54, 1.807) is 0 Å². The van der Waals surface area contributed by atoms with Gasteiger partial charge in [-0.1, -0.05) is 31.5 Å². The maximum Gasteiger partial charge on any atom is 0.0437 e. The molecule has 1 aromatic rings. The first kappa shape index (κ1) is 9.26. The molecular weight excluding hydrogens is 182 g/mol. The minimum atomic E-state index is 0.482. The summed E-state index contributed by atoms with van der Waals surface area (Å²) in [6, 6.07) is 10.9. The van der Waals surface area contributed by atoms with E-state index in [9.17, 15) is 0 Å². The summed E-state index contributed by atoms with van der Waals surface area (Å²) >= 11 is 0. The lowest BCUT2D eigenvalue weighted by atomic mass is 10.1. The van der Waals surface area contributed by atoms with E-state index in [0.717, 1.165) is 11.8 Å². The van der Waals surface area contributed by atoms with Gasteiger partial charge in [0, 0.05) is 17.8 Å². The fourth-order valence-corrected chi connectivity index (χ4v) is 3.80. The second kappa shape index (κ2) is 3.01. The van der Waals surface area contributed by atoms with E-state index in [2.05, 4.69) is 49.1 Å². The molecule has 0 aromatic heterocycles. The predicted octanol–water partition coefficient (Wildman–Crippen LogP) is 3.31. The average Bonchev–Trinajstić information content (AvgIpc) is 2.70. The number of hydrogen-bond donors (Lipinski definition) is 0. The average molecular weight is 201 g/mol. The first-order valence-corrected chi connectivity index (χ1v) is 6.11. The van der Waals surface area contributed by atoms with Crippen LogP contribution >= 0.6 is 0 Å². The van der Waals surface area contributed by atoms with Gasteiger partial charge in [0.05, 0.1) is 0 Å². The molecule has 1 saturated carbocycles. The van der Waals surface area contributed by atoms with Gasteiger partial charge in [0.1, 0.15) is 0 Å². The highest BCUT2D eigenvalue weighted by molar-refractivity contribution is 5.54. The Bertz CT molecular complexity index is 353. The Morgan fingerprint density at radius 2 is 2.07 bits per heavy atom. The molecular formula is C14H19N. The number of nitrogens with zero attached hydrogens (tertiary/aromatic N) is 1. The van der Waals surface area contributed by atoms with Gasteiger partial charge in [-0.05, 0) is 37.3 Å². The van der Waals surface area contributed by atoms with Crippen molar-refractivity contribution in [2.75, 3.05) is 11.4 Å². The van der Waals surface area contributed by atoms with Crippen molar-refractivity contribution in [2.24, 2.45) is 11.8 Å². The molecule has 1 nitrogen and oxygen atoms in total. The highest BCUT2D eigenvalue weighted by Gasteiger charge is 2.66. The molecule has 1 saturated heterocycles. The number of fused-ring (bicyclic) bond motifs is 1. The SMILES string of the molecule is CC[C@H]1[C@@H]2CCN(c3ccccc3)C12C. The number of anilines is 1. The van der Waals surface area contributed by atoms with Crippen LogP contribution in [-0.4, -0.2) is 12.1 Å². The number of benzene rings is 1. The van der Waals surface area contributed by atoms with Crippen LogP contribution in [0.25, 0.3) is 0 Å². The monoisotopic (exact) mass is 201 g/mol. The second-order valence-electron chi connectivity index (χ2n) is 5.12. The summed E-state index contributed by atoms with van der Waals surface area (Å²) in [4.78, 5) is 2.63. The standard InChI is InChI=1S/C14H19N/c1-3-12-13-9-10-15(14(12,13)2)11-7-5-4-6-8-11/h4-8,12-13H,3,9-10H2,1-2H3/t12-,13-,14?/m0/s1. The van der Waals surface area contributed by atoms with Gasteiger partial charge < -0.3 is 4.90 Å². The van der Waals surface area contributed by atoms with Crippen molar-refractivity contribution in [2.45, 2.75) is 32.2 Å². The Morgan fingerprint density at radius 1 is 1.33 bits per heavy atom. The van der Waals surface area contributed by atoms with Crippen molar-refractivity contribution in [3.63, 3.8) is 0 Å². The molecule has 0 amide bonds. The molecule has 0 bridgehead atoms. The van der Waals surface area contributed by atoms with Gasteiger partial charge in [-0.3, -0.25) is 0 Å². The van der Waals surface area contributed by atoms with Crippen LogP contribution in [0.3, 0.4) is 0 Å². The Hall–Kier alpha value is -0.980. The Balaban J connectivity index is 1.90. The fraction of sp³-hybridized carbons (Fsp3) is 0.571. The smallest absolute Gasteiger partial charge is 0.0437 e. The predicted molar refractivity (Wildman–Crippen MR) is 64.1 cm³/mol. The second-order valence-corrected chi connectivity index (χ2v) is 5.12. The Morgan fingerprint density at radius 3 is 2.67 bits per heavy atom. The summed E-state index contributed by atoms with van der Waals surface area (Å²) in [5.74, 6) is 1.90. The molecule has 1 heterocycles. The topological polar surface area (TPSA) is 3.24 Å². The van der Waals surface area contributed by atoms with Crippen molar-refractivity contribution >= 4 is 5.69 Å². The normalized spacial score (nSPS) is 37.9. The van der Waals surface area contributed by atoms with Crippen molar-refractivity contribution in [1.82, 2.24) is 0 Å². The number of para-hydroxylation sites is 1. The number of piperidine rings is 1. The fourth-order valence-electron chi connectivity index (χ4n) is 3.80. The lowest BCUT2D eigenvalue weighted by Gasteiger charge is -2.29. The molecule has 3 atom stereocenters. The number of hydrogen-bond acceptors (Lipinski definition) is 1. The van der Waals surface area contributed by atoms with E-state index in [0.29, 0.717) is 5.54 Å². The van der Waals surface area contributed by atoms with Gasteiger partial charge in [-0.25, -0.2) is 0 Å². The van der Waals surface area contributed by atoms with E-state index < -0.39 is 0 Å². The van der Waals surface area contributed by atoms with Crippen LogP contribution in [0.1, 0.15) is 26.7 Å². The molecule has 1 unspecified atom stereocenters. The highest BCUT2D eigenvalue weighted by atomic mass is 15.3. The zero-order valence-electron chi connectivity index (χ0n) is 9.61. The summed E-state index contributed by atoms with van der Waals surface area (Å²) < 4.78 is 0. The third-order valence-electron chi connectivity index (χ3n) is 4.63. The molecule has 2 aliphatic rings. The van der Waals surface area contributed by atoms with Gasteiger partial charge in [0.25, 0.3) is 0 Å². The van der Waals surface area contributed by atoms with Crippen molar-refractivity contribution < 1.29 is 0 Å². The van der Waals surface area contributed by atoms with Gasteiger partial charge >= 0.3 is 0 Å². The van der Waals surface area contributed by atoms with Gasteiger partial charge in [0.15, 0.2) is 0 Å². The van der Waals surface area contributed by atoms with Crippen LogP contribution < -0.4 is 4.90 Å². The number of rotatable bonds is 2. The molecule has 1 aliphatic carbocycles. The summed E-state index contributed by atoms with van der Waals surface area (Å²) in [6.07, 6.45) is 2.73. The summed E-state index contributed by atoms with van der Waals surface area (Å²) in [5.41, 5.74) is 1.90. The van der Waals surface area contributed by atoms with Crippen molar-refractivity contribution in [3.8, 4) is 0 Å². The van der Waals surface area contributed by atoms with Crippen molar-refractivity contribution in [1.29, 1.82) is 0 Å². The van der Waals surface area contributed by atoms with E-state index in [4.69, 9.17) is 0 Å². The summed E-state index contributed by atoms with van der Waals surface area (Å²) in [5, 5.41) is 0. The van der Waals surface area contributed by atoms with Gasteiger partial charge in [-0.15, -0.1) is 0 Å². The lowest BCUT2D eigenvalue weighted by molar-refractivity contribution is 0.566. The zero-order chi connectivity index (χ0) is 10.5. The molecule has 1 heteroatoms. The molecule has 1 aromatic carbocycles. The van der Waals surface area contributed by atoms with Crippen LogP contribution in [0.2, 0.25) is 0 Å². The Labute approximate surface area is 92.1 Å². The van der Waals surface area contributed by atoms with E-state index in [1.807, 2.05) is 0 Å². The maximum atomic E-state index is 2.63. The highest BCUT2D eigenvalue weighted by Crippen LogP contribution is 2.62. The third kappa shape index (κ3) is 1.09. The lowest BCUT2D eigenvalue weighted by Crippen LogP contribution is -2.34. The molecule has 0 N–H and O–H groups in total. The maximum absolute atomic E-state index is 2.63. The molecule has 0 spiro atoms. The van der Waals surface area contributed by atoms with E-state index in [-0.39, 0.29) is 0 Å². The van der Waals surface area contributed by atoms with Crippen LogP contribution in [0.4, 0.5) is 5.69 Å². The van der Waals surface area contributed by atoms with E-state index in [1.165, 1.54) is 25.1 Å². The van der Waals surface area contributed by atoms with Crippen LogP contribution in [0, 0.1) is 11.8 Å². The quantitative estimate of drug-likeness (QED) is 0.709. The Kier molecular flexibility index (Phi) is 1.86. The van der Waals surface area contributed by atoms with Gasteiger partial charge in [-0.2, -0.15) is 0 Å². The molecule has 2 fully saturated rings.